The Labute approximate surface area is 243 Å². The number of H-pyrrole nitrogens is 1. The molecule has 5 aromatic carbocycles. The van der Waals surface area contributed by atoms with E-state index in [0.717, 1.165) is 40.3 Å². The number of aromatic nitrogens is 2. The van der Waals surface area contributed by atoms with Crippen LogP contribution >= 0.6 is 0 Å². The van der Waals surface area contributed by atoms with Crippen LogP contribution in [0.1, 0.15) is 30.7 Å². The third-order valence-corrected chi connectivity index (χ3v) is 9.96. The van der Waals surface area contributed by atoms with Gasteiger partial charge in [0.2, 0.25) is 0 Å². The van der Waals surface area contributed by atoms with Crippen LogP contribution in [0.25, 0.3) is 71.8 Å². The molecular weight excluding hydrogens is 511 g/mol. The van der Waals surface area contributed by atoms with Crippen LogP contribution in [0, 0.1) is 6.92 Å². The van der Waals surface area contributed by atoms with E-state index in [2.05, 4.69) is 115 Å². The SMILES string of the molecule is Cc1cc(-c2cccc3c2[nH]c2c4ccccc4oc32)c2c(c1)-n1c3c(c4cccc(c41)B2)-c1ccccc1C3(C)C. The van der Waals surface area contributed by atoms with Crippen LogP contribution in [0.15, 0.2) is 101 Å². The Hall–Kier alpha value is -4.96. The highest BCUT2D eigenvalue weighted by molar-refractivity contribution is 6.73. The summed E-state index contributed by atoms with van der Waals surface area (Å²) in [5.41, 5.74) is 18.8. The lowest BCUT2D eigenvalue weighted by molar-refractivity contribution is 0.624. The summed E-state index contributed by atoms with van der Waals surface area (Å²) in [6.07, 6.45) is 0. The fourth-order valence-electron chi connectivity index (χ4n) is 8.23. The monoisotopic (exact) mass is 538 g/mol. The van der Waals surface area contributed by atoms with Crippen molar-refractivity contribution in [3.63, 3.8) is 0 Å². The molecule has 2 aliphatic rings. The second kappa shape index (κ2) is 7.46. The third kappa shape index (κ3) is 2.60. The number of furan rings is 1. The zero-order chi connectivity index (χ0) is 27.9. The molecule has 0 amide bonds. The van der Waals surface area contributed by atoms with Gasteiger partial charge in [0.1, 0.15) is 5.58 Å². The first kappa shape index (κ1) is 22.7. The average Bonchev–Trinajstić information content (AvgIpc) is 3.71. The van der Waals surface area contributed by atoms with E-state index in [-0.39, 0.29) is 5.41 Å². The van der Waals surface area contributed by atoms with Crippen molar-refractivity contribution in [2.24, 2.45) is 0 Å². The standard InChI is InChI=1S/C38H27BN2O/c1-20-18-26(21-12-8-14-25-33(21)40-34-23-11-5-7-17-30(23)42-36(25)34)32-29(19-20)41-35-24(13-9-16-28(35)39-32)31-22-10-4-6-15-27(22)38(2,3)37(31)41/h4-19,39-40H,1-3H3. The average molecular weight is 538 g/mol. The zero-order valence-electron chi connectivity index (χ0n) is 23.8. The minimum absolute atomic E-state index is 0.105. The molecule has 3 nitrogen and oxygen atoms in total. The minimum Gasteiger partial charge on any atom is -0.454 e. The van der Waals surface area contributed by atoms with Crippen LogP contribution in [-0.2, 0) is 5.41 Å². The Morgan fingerprint density at radius 3 is 2.43 bits per heavy atom. The van der Waals surface area contributed by atoms with Crippen molar-refractivity contribution in [2.75, 3.05) is 0 Å². The Kier molecular flexibility index (Phi) is 4.03. The molecular formula is C38H27BN2O. The molecule has 0 fully saturated rings. The van der Waals surface area contributed by atoms with E-state index in [0.29, 0.717) is 0 Å². The maximum atomic E-state index is 6.38. The van der Waals surface area contributed by atoms with Crippen molar-refractivity contribution >= 4 is 62.1 Å². The molecule has 42 heavy (non-hydrogen) atoms. The molecule has 0 unspecified atom stereocenters. The maximum absolute atomic E-state index is 6.38. The van der Waals surface area contributed by atoms with Crippen molar-refractivity contribution in [3.8, 4) is 27.9 Å². The van der Waals surface area contributed by atoms with Gasteiger partial charge < -0.3 is 14.0 Å². The molecule has 10 rings (SSSR count). The molecule has 0 radical (unpaired) electrons. The van der Waals surface area contributed by atoms with E-state index in [1.807, 2.05) is 12.1 Å². The predicted octanol–water partition coefficient (Wildman–Crippen LogP) is 7.99. The fourth-order valence-corrected chi connectivity index (χ4v) is 8.23. The Bertz CT molecular complexity index is 2490. The fraction of sp³-hybridized carbons (Fsp3) is 0.105. The number of para-hydroxylation sites is 3. The molecule has 198 valence electrons. The van der Waals surface area contributed by atoms with Crippen LogP contribution in [0.5, 0.6) is 0 Å². The number of nitrogens with zero attached hydrogens (tertiary/aromatic N) is 1. The number of nitrogens with one attached hydrogen (secondary N) is 1. The number of hydrogen-bond acceptors (Lipinski definition) is 1. The smallest absolute Gasteiger partial charge is 0.198 e. The third-order valence-electron chi connectivity index (χ3n) is 9.96. The molecule has 0 saturated carbocycles. The van der Waals surface area contributed by atoms with Gasteiger partial charge in [0, 0.05) is 49.6 Å². The summed E-state index contributed by atoms with van der Waals surface area (Å²) in [6, 6.07) is 35.6. The van der Waals surface area contributed by atoms with Gasteiger partial charge in [-0.25, -0.2) is 0 Å². The number of rotatable bonds is 1. The first-order valence-corrected chi connectivity index (χ1v) is 14.8. The largest absolute Gasteiger partial charge is 0.454 e. The molecule has 0 spiro atoms. The lowest BCUT2D eigenvalue weighted by Crippen LogP contribution is -2.38. The molecule has 4 heteroatoms. The first-order valence-electron chi connectivity index (χ1n) is 14.8. The van der Waals surface area contributed by atoms with Crippen molar-refractivity contribution in [1.29, 1.82) is 0 Å². The molecule has 0 bridgehead atoms. The van der Waals surface area contributed by atoms with Crippen LogP contribution in [-0.4, -0.2) is 16.8 Å². The van der Waals surface area contributed by atoms with Crippen molar-refractivity contribution in [2.45, 2.75) is 26.2 Å². The van der Waals surface area contributed by atoms with E-state index in [9.17, 15) is 0 Å². The predicted molar refractivity (Wildman–Crippen MR) is 177 cm³/mol. The molecule has 1 aliphatic heterocycles. The molecule has 1 N–H and O–H groups in total. The molecule has 8 aromatic rings. The lowest BCUT2D eigenvalue weighted by Gasteiger charge is -2.29. The zero-order valence-corrected chi connectivity index (χ0v) is 23.8. The van der Waals surface area contributed by atoms with Crippen molar-refractivity contribution in [3.05, 3.63) is 114 Å². The quantitative estimate of drug-likeness (QED) is 0.211. The Morgan fingerprint density at radius 1 is 0.738 bits per heavy atom. The molecule has 3 aromatic heterocycles. The van der Waals surface area contributed by atoms with Crippen LogP contribution in [0.3, 0.4) is 0 Å². The topological polar surface area (TPSA) is 33.9 Å². The van der Waals surface area contributed by atoms with Gasteiger partial charge in [-0.1, -0.05) is 92.1 Å². The Morgan fingerprint density at radius 2 is 1.50 bits per heavy atom. The van der Waals surface area contributed by atoms with Gasteiger partial charge in [0.05, 0.1) is 11.0 Å². The van der Waals surface area contributed by atoms with Gasteiger partial charge >= 0.3 is 0 Å². The number of hydrogen-bond donors (Lipinski definition) is 1. The summed E-state index contributed by atoms with van der Waals surface area (Å²) in [6.45, 7) is 7.02. The summed E-state index contributed by atoms with van der Waals surface area (Å²) in [5.74, 6) is 0. The summed E-state index contributed by atoms with van der Waals surface area (Å²) in [5, 5.41) is 3.63. The van der Waals surface area contributed by atoms with Crippen LogP contribution in [0.2, 0.25) is 0 Å². The van der Waals surface area contributed by atoms with Gasteiger partial charge in [-0.2, -0.15) is 0 Å². The van der Waals surface area contributed by atoms with E-state index in [1.165, 1.54) is 66.6 Å². The van der Waals surface area contributed by atoms with Crippen LogP contribution in [0.4, 0.5) is 0 Å². The number of fused-ring (bicyclic) bond motifs is 12. The molecule has 1 aliphatic carbocycles. The number of benzene rings is 5. The highest BCUT2D eigenvalue weighted by Crippen LogP contribution is 2.53. The molecule has 0 atom stereocenters. The van der Waals surface area contributed by atoms with Gasteiger partial charge in [-0.3, -0.25) is 0 Å². The Balaban J connectivity index is 1.30. The minimum atomic E-state index is -0.105. The number of aromatic amines is 1. The van der Waals surface area contributed by atoms with Gasteiger partial charge in [-0.05, 0) is 58.9 Å². The second-order valence-electron chi connectivity index (χ2n) is 12.7. The van der Waals surface area contributed by atoms with Gasteiger partial charge in [0.25, 0.3) is 0 Å². The van der Waals surface area contributed by atoms with E-state index in [1.54, 1.807) is 0 Å². The first-order chi connectivity index (χ1) is 20.5. The van der Waals surface area contributed by atoms with E-state index in [4.69, 9.17) is 4.42 Å². The lowest BCUT2D eigenvalue weighted by atomic mass is 9.59. The van der Waals surface area contributed by atoms with Gasteiger partial charge in [0.15, 0.2) is 12.9 Å². The van der Waals surface area contributed by atoms with Gasteiger partial charge in [-0.15, -0.1) is 0 Å². The number of aryl methyl sites for hydroxylation is 1. The van der Waals surface area contributed by atoms with Crippen molar-refractivity contribution in [1.82, 2.24) is 9.55 Å². The summed E-state index contributed by atoms with van der Waals surface area (Å²) >= 11 is 0. The molecule has 0 saturated heterocycles. The van der Waals surface area contributed by atoms with E-state index < -0.39 is 0 Å². The highest BCUT2D eigenvalue weighted by atomic mass is 16.3. The normalized spacial score (nSPS) is 14.5. The summed E-state index contributed by atoms with van der Waals surface area (Å²) < 4.78 is 8.99. The van der Waals surface area contributed by atoms with Crippen LogP contribution < -0.4 is 10.9 Å². The summed E-state index contributed by atoms with van der Waals surface area (Å²) in [7, 11) is 0.906. The second-order valence-corrected chi connectivity index (χ2v) is 12.7. The van der Waals surface area contributed by atoms with Crippen molar-refractivity contribution < 1.29 is 4.42 Å². The maximum Gasteiger partial charge on any atom is 0.198 e. The highest BCUT2D eigenvalue weighted by Gasteiger charge is 2.42. The molecule has 4 heterocycles. The summed E-state index contributed by atoms with van der Waals surface area (Å²) in [4.78, 5) is 3.79. The van der Waals surface area contributed by atoms with E-state index >= 15 is 0 Å².